The first kappa shape index (κ1) is 14.3. The number of methoxy groups -OCH3 is 1. The van der Waals surface area contributed by atoms with E-state index in [4.69, 9.17) is 16.3 Å². The van der Waals surface area contributed by atoms with Crippen molar-refractivity contribution in [1.29, 1.82) is 0 Å². The monoisotopic (exact) mass is 319 g/mol. The molecule has 3 nitrogen and oxygen atoms in total. The van der Waals surface area contributed by atoms with Crippen LogP contribution in [0.25, 0.3) is 0 Å². The van der Waals surface area contributed by atoms with E-state index in [2.05, 4.69) is 21.2 Å². The lowest BCUT2D eigenvalue weighted by molar-refractivity contribution is 0.0918. The summed E-state index contributed by atoms with van der Waals surface area (Å²) in [6, 6.07) is 4.96. The minimum atomic E-state index is -0.329. The summed E-state index contributed by atoms with van der Waals surface area (Å²) in [4.78, 5) is 12.1. The molecule has 1 rings (SSSR count). The summed E-state index contributed by atoms with van der Waals surface area (Å²) in [7, 11) is 1.52. The third-order valence-electron chi connectivity index (χ3n) is 2.19. The smallest absolute Gasteiger partial charge is 0.255 e. The molecular formula is C12H15BrClNO2. The number of nitrogens with one attached hydrogen (secondary N) is 1. The normalized spacial score (nSPS) is 11.1. The molecule has 0 bridgehead atoms. The molecule has 0 heterocycles. The van der Waals surface area contributed by atoms with Gasteiger partial charge in [0.25, 0.3) is 5.91 Å². The number of hydrogen-bond donors (Lipinski definition) is 1. The van der Waals surface area contributed by atoms with Crippen molar-refractivity contribution in [2.24, 2.45) is 0 Å². The van der Waals surface area contributed by atoms with Crippen LogP contribution in [0, 0.1) is 0 Å². The summed E-state index contributed by atoms with van der Waals surface area (Å²) in [5.41, 5.74) is 0.110. The molecule has 0 aliphatic rings. The minimum absolute atomic E-state index is 0.200. The lowest BCUT2D eigenvalue weighted by Gasteiger charge is -2.24. The van der Waals surface area contributed by atoms with Gasteiger partial charge in [-0.1, -0.05) is 27.5 Å². The predicted molar refractivity (Wildman–Crippen MR) is 73.3 cm³/mol. The quantitative estimate of drug-likeness (QED) is 0.865. The maximum Gasteiger partial charge on any atom is 0.255 e. The van der Waals surface area contributed by atoms with Crippen molar-refractivity contribution in [3.63, 3.8) is 0 Å². The van der Waals surface area contributed by atoms with Gasteiger partial charge in [-0.2, -0.15) is 0 Å². The lowest BCUT2D eigenvalue weighted by Crippen LogP contribution is -2.44. The Morgan fingerprint density at radius 3 is 2.71 bits per heavy atom. The zero-order valence-electron chi connectivity index (χ0n) is 10.0. The van der Waals surface area contributed by atoms with E-state index in [1.54, 1.807) is 18.2 Å². The number of rotatable bonds is 4. The number of hydrogen-bond acceptors (Lipinski definition) is 2. The van der Waals surface area contributed by atoms with E-state index in [1.165, 1.54) is 7.11 Å². The van der Waals surface area contributed by atoms with Crippen molar-refractivity contribution in [3.8, 4) is 5.75 Å². The molecule has 5 heteroatoms. The Morgan fingerprint density at radius 1 is 1.53 bits per heavy atom. The summed E-state index contributed by atoms with van der Waals surface area (Å²) < 4.78 is 5.14. The Kier molecular flexibility index (Phi) is 4.83. The molecule has 94 valence electrons. The average molecular weight is 321 g/mol. The number of ether oxygens (including phenoxy) is 1. The van der Waals surface area contributed by atoms with Crippen LogP contribution >= 0.6 is 27.5 Å². The van der Waals surface area contributed by atoms with Crippen molar-refractivity contribution < 1.29 is 9.53 Å². The summed E-state index contributed by atoms with van der Waals surface area (Å²) in [6.07, 6.45) is 0. The van der Waals surface area contributed by atoms with Crippen LogP contribution in [0.15, 0.2) is 18.2 Å². The molecule has 0 radical (unpaired) electrons. The second-order valence-corrected chi connectivity index (χ2v) is 5.31. The summed E-state index contributed by atoms with van der Waals surface area (Å²) in [6.45, 7) is 3.85. The summed E-state index contributed by atoms with van der Waals surface area (Å²) in [5, 5.41) is 4.07. The number of benzene rings is 1. The van der Waals surface area contributed by atoms with E-state index < -0.39 is 0 Å². The van der Waals surface area contributed by atoms with E-state index >= 15 is 0 Å². The van der Waals surface area contributed by atoms with Crippen molar-refractivity contribution in [2.45, 2.75) is 19.4 Å². The highest BCUT2D eigenvalue weighted by molar-refractivity contribution is 9.09. The highest BCUT2D eigenvalue weighted by Crippen LogP contribution is 2.23. The van der Waals surface area contributed by atoms with E-state index in [0.29, 0.717) is 21.7 Å². The topological polar surface area (TPSA) is 38.3 Å². The van der Waals surface area contributed by atoms with Crippen molar-refractivity contribution in [3.05, 3.63) is 28.8 Å². The second-order valence-electron chi connectivity index (χ2n) is 4.32. The van der Waals surface area contributed by atoms with E-state index in [-0.39, 0.29) is 11.4 Å². The molecule has 0 aliphatic heterocycles. The lowest BCUT2D eigenvalue weighted by atomic mass is 10.1. The minimum Gasteiger partial charge on any atom is -0.496 e. The van der Waals surface area contributed by atoms with E-state index in [1.807, 2.05) is 13.8 Å². The van der Waals surface area contributed by atoms with Crippen LogP contribution in [0.1, 0.15) is 24.2 Å². The van der Waals surface area contributed by atoms with Crippen LogP contribution in [0.4, 0.5) is 0 Å². The first-order chi connectivity index (χ1) is 7.89. The molecule has 17 heavy (non-hydrogen) atoms. The van der Waals surface area contributed by atoms with Gasteiger partial charge in [0.15, 0.2) is 0 Å². The molecule has 0 fully saturated rings. The van der Waals surface area contributed by atoms with Crippen LogP contribution in [0.3, 0.4) is 0 Å². The molecule has 1 N–H and O–H groups in total. The SMILES string of the molecule is COc1ccc(Cl)cc1C(=O)NC(C)(C)CBr. The van der Waals surface area contributed by atoms with E-state index in [0.717, 1.165) is 0 Å². The van der Waals surface area contributed by atoms with Crippen molar-refractivity contribution >= 4 is 33.4 Å². The zero-order valence-corrected chi connectivity index (χ0v) is 12.4. The fraction of sp³-hybridized carbons (Fsp3) is 0.417. The molecule has 0 aromatic heterocycles. The molecule has 1 aromatic carbocycles. The fourth-order valence-electron chi connectivity index (χ4n) is 1.27. The Morgan fingerprint density at radius 2 is 2.18 bits per heavy atom. The van der Waals surface area contributed by atoms with Crippen LogP contribution in [-0.4, -0.2) is 23.9 Å². The second kappa shape index (κ2) is 5.74. The third kappa shape index (κ3) is 3.89. The zero-order chi connectivity index (χ0) is 13.1. The molecule has 0 saturated carbocycles. The number of amides is 1. The highest BCUT2D eigenvalue weighted by Gasteiger charge is 2.21. The fourth-order valence-corrected chi connectivity index (χ4v) is 1.58. The largest absolute Gasteiger partial charge is 0.496 e. The molecule has 1 amide bonds. The van der Waals surface area contributed by atoms with Gasteiger partial charge >= 0.3 is 0 Å². The molecule has 0 spiro atoms. The van der Waals surface area contributed by atoms with Gasteiger partial charge in [0.1, 0.15) is 5.75 Å². The van der Waals surface area contributed by atoms with Gasteiger partial charge < -0.3 is 10.1 Å². The number of carbonyl (C=O) groups is 1. The van der Waals surface area contributed by atoms with Crippen molar-refractivity contribution in [2.75, 3.05) is 12.4 Å². The number of carbonyl (C=O) groups excluding carboxylic acids is 1. The first-order valence-electron chi connectivity index (χ1n) is 5.11. The Hall–Kier alpha value is -0.740. The highest BCUT2D eigenvalue weighted by atomic mass is 79.9. The van der Waals surface area contributed by atoms with Gasteiger partial charge in [0.2, 0.25) is 0 Å². The van der Waals surface area contributed by atoms with Gasteiger partial charge in [-0.05, 0) is 32.0 Å². The van der Waals surface area contributed by atoms with Crippen LogP contribution < -0.4 is 10.1 Å². The van der Waals surface area contributed by atoms with Crippen LogP contribution in [-0.2, 0) is 0 Å². The maximum absolute atomic E-state index is 12.1. The molecule has 1 aromatic rings. The molecule has 0 aliphatic carbocycles. The Bertz CT molecular complexity index is 421. The first-order valence-corrected chi connectivity index (χ1v) is 6.61. The maximum atomic E-state index is 12.1. The van der Waals surface area contributed by atoms with E-state index in [9.17, 15) is 4.79 Å². The Balaban J connectivity index is 2.99. The van der Waals surface area contributed by atoms with Crippen LogP contribution in [0.5, 0.6) is 5.75 Å². The number of alkyl halides is 1. The van der Waals surface area contributed by atoms with Crippen molar-refractivity contribution in [1.82, 2.24) is 5.32 Å². The predicted octanol–water partition coefficient (Wildman–Crippen LogP) is 3.25. The molecular weight excluding hydrogens is 305 g/mol. The summed E-state index contributed by atoms with van der Waals surface area (Å²) >= 11 is 9.23. The third-order valence-corrected chi connectivity index (χ3v) is 3.83. The summed E-state index contributed by atoms with van der Waals surface area (Å²) in [5.74, 6) is 0.311. The number of halogens is 2. The van der Waals surface area contributed by atoms with Gasteiger partial charge in [0, 0.05) is 15.9 Å². The molecule has 0 atom stereocenters. The standard InChI is InChI=1S/C12H15BrClNO2/c1-12(2,7-13)15-11(16)9-6-8(14)4-5-10(9)17-3/h4-6H,7H2,1-3H3,(H,15,16). The average Bonchev–Trinajstić information content (AvgIpc) is 2.28. The Labute approximate surface area is 115 Å². The molecule has 0 saturated heterocycles. The molecule has 0 unspecified atom stereocenters. The van der Waals surface area contributed by atoms with Gasteiger partial charge in [0.05, 0.1) is 12.7 Å². The van der Waals surface area contributed by atoms with Gasteiger partial charge in [-0.3, -0.25) is 4.79 Å². The van der Waals surface area contributed by atoms with Crippen LogP contribution in [0.2, 0.25) is 5.02 Å². The van der Waals surface area contributed by atoms with Gasteiger partial charge in [-0.15, -0.1) is 0 Å². The van der Waals surface area contributed by atoms with Gasteiger partial charge in [-0.25, -0.2) is 0 Å².